The highest BCUT2D eigenvalue weighted by atomic mass is 79.9. The maximum Gasteiger partial charge on any atom is 0.185 e. The summed E-state index contributed by atoms with van der Waals surface area (Å²) < 4.78 is 1.19. The summed E-state index contributed by atoms with van der Waals surface area (Å²) in [6.45, 7) is 8.15. The van der Waals surface area contributed by atoms with Gasteiger partial charge in [0.15, 0.2) is 5.13 Å². The zero-order chi connectivity index (χ0) is 13.7. The van der Waals surface area contributed by atoms with Crippen molar-refractivity contribution in [2.75, 3.05) is 18.0 Å². The Labute approximate surface area is 130 Å². The van der Waals surface area contributed by atoms with E-state index in [0.717, 1.165) is 31.3 Å². The van der Waals surface area contributed by atoms with Gasteiger partial charge < -0.3 is 10.2 Å². The molecule has 0 aliphatic heterocycles. The van der Waals surface area contributed by atoms with Crippen molar-refractivity contribution in [3.05, 3.63) is 31.9 Å². The van der Waals surface area contributed by atoms with Gasteiger partial charge in [0.2, 0.25) is 0 Å². The van der Waals surface area contributed by atoms with Crippen molar-refractivity contribution in [3.63, 3.8) is 0 Å². The number of anilines is 1. The van der Waals surface area contributed by atoms with Crippen LogP contribution in [0.1, 0.15) is 23.6 Å². The molecule has 1 N–H and O–H groups in total. The standard InChI is InChI=1S/C13H18BrN3S2/c1-3-17(4-2)13-16-9-11(19-13)8-15-7-10-5-6-12(14)18-10/h5-6,9,15H,3-4,7-8H2,1-2H3. The molecule has 3 nitrogen and oxygen atoms in total. The minimum absolute atomic E-state index is 0.883. The molecule has 0 spiro atoms. The fraction of sp³-hybridized carbons (Fsp3) is 0.462. The molecule has 0 aromatic carbocycles. The van der Waals surface area contributed by atoms with E-state index in [4.69, 9.17) is 0 Å². The van der Waals surface area contributed by atoms with Gasteiger partial charge in [-0.05, 0) is 41.9 Å². The van der Waals surface area contributed by atoms with Gasteiger partial charge in [-0.1, -0.05) is 0 Å². The SMILES string of the molecule is CCN(CC)c1ncc(CNCc2ccc(Br)s2)s1. The molecular weight excluding hydrogens is 342 g/mol. The molecule has 19 heavy (non-hydrogen) atoms. The van der Waals surface area contributed by atoms with E-state index < -0.39 is 0 Å². The van der Waals surface area contributed by atoms with Gasteiger partial charge in [0.05, 0.1) is 3.79 Å². The van der Waals surface area contributed by atoms with E-state index in [1.807, 2.05) is 6.20 Å². The van der Waals surface area contributed by atoms with Gasteiger partial charge in [0, 0.05) is 42.1 Å². The van der Waals surface area contributed by atoms with Crippen molar-refractivity contribution in [1.82, 2.24) is 10.3 Å². The van der Waals surface area contributed by atoms with Crippen molar-refractivity contribution in [2.24, 2.45) is 0 Å². The molecule has 2 aromatic heterocycles. The van der Waals surface area contributed by atoms with Crippen molar-refractivity contribution in [3.8, 4) is 0 Å². The lowest BCUT2D eigenvalue weighted by Crippen LogP contribution is -2.21. The van der Waals surface area contributed by atoms with Crippen LogP contribution in [0.5, 0.6) is 0 Å². The smallest absolute Gasteiger partial charge is 0.185 e. The number of thiophene rings is 1. The Kier molecular flexibility index (Phi) is 5.81. The molecule has 2 heterocycles. The molecule has 0 amide bonds. The van der Waals surface area contributed by atoms with Gasteiger partial charge in [-0.15, -0.1) is 22.7 Å². The van der Waals surface area contributed by atoms with Gasteiger partial charge in [0.1, 0.15) is 0 Å². The van der Waals surface area contributed by atoms with E-state index in [-0.39, 0.29) is 0 Å². The van der Waals surface area contributed by atoms with E-state index in [2.05, 4.69) is 57.1 Å². The molecule has 2 aromatic rings. The molecule has 0 aliphatic rings. The van der Waals surface area contributed by atoms with Crippen LogP contribution in [0.3, 0.4) is 0 Å². The summed E-state index contributed by atoms with van der Waals surface area (Å²) in [5.74, 6) is 0. The number of aromatic nitrogens is 1. The lowest BCUT2D eigenvalue weighted by atomic mass is 10.4. The third-order valence-electron chi connectivity index (χ3n) is 2.80. The Morgan fingerprint density at radius 1 is 1.16 bits per heavy atom. The van der Waals surface area contributed by atoms with Crippen LogP contribution in [-0.2, 0) is 13.1 Å². The fourth-order valence-electron chi connectivity index (χ4n) is 1.77. The first-order chi connectivity index (χ1) is 9.22. The third-order valence-corrected chi connectivity index (χ3v) is 5.48. The Morgan fingerprint density at radius 3 is 2.53 bits per heavy atom. The minimum Gasteiger partial charge on any atom is -0.349 e. The number of nitrogens with zero attached hydrogens (tertiary/aromatic N) is 2. The molecule has 2 rings (SSSR count). The van der Waals surface area contributed by atoms with E-state index >= 15 is 0 Å². The van der Waals surface area contributed by atoms with E-state index in [1.54, 1.807) is 22.7 Å². The number of rotatable bonds is 7. The molecular formula is C13H18BrN3S2. The normalized spacial score (nSPS) is 10.9. The quantitative estimate of drug-likeness (QED) is 0.806. The van der Waals surface area contributed by atoms with Gasteiger partial charge in [-0.25, -0.2) is 4.98 Å². The first-order valence-corrected chi connectivity index (χ1v) is 8.80. The maximum atomic E-state index is 4.49. The highest BCUT2D eigenvalue weighted by Gasteiger charge is 2.07. The number of halogens is 1. The van der Waals surface area contributed by atoms with E-state index in [0.29, 0.717) is 0 Å². The average molecular weight is 360 g/mol. The number of thiazole rings is 1. The second-order valence-electron chi connectivity index (χ2n) is 4.09. The Hall–Kier alpha value is -0.430. The monoisotopic (exact) mass is 359 g/mol. The molecule has 0 saturated carbocycles. The lowest BCUT2D eigenvalue weighted by Gasteiger charge is -2.16. The summed E-state index contributed by atoms with van der Waals surface area (Å²) in [6, 6.07) is 4.24. The van der Waals surface area contributed by atoms with Gasteiger partial charge in [-0.2, -0.15) is 0 Å². The maximum absolute atomic E-state index is 4.49. The molecule has 0 radical (unpaired) electrons. The third kappa shape index (κ3) is 4.27. The second kappa shape index (κ2) is 7.38. The summed E-state index contributed by atoms with van der Waals surface area (Å²) in [5, 5.41) is 4.59. The molecule has 0 aliphatic carbocycles. The highest BCUT2D eigenvalue weighted by Crippen LogP contribution is 2.23. The molecule has 6 heteroatoms. The predicted molar refractivity (Wildman–Crippen MR) is 88.2 cm³/mol. The van der Waals surface area contributed by atoms with Crippen molar-refractivity contribution >= 4 is 43.7 Å². The number of nitrogens with one attached hydrogen (secondary N) is 1. The first kappa shape index (κ1) is 15.0. The second-order valence-corrected chi connectivity index (χ2v) is 7.73. The summed E-state index contributed by atoms with van der Waals surface area (Å²) in [5.41, 5.74) is 0. The molecule has 104 valence electrons. The van der Waals surface area contributed by atoms with Crippen molar-refractivity contribution in [1.29, 1.82) is 0 Å². The van der Waals surface area contributed by atoms with Crippen LogP contribution in [0, 0.1) is 0 Å². The summed E-state index contributed by atoms with van der Waals surface area (Å²) >= 11 is 7.03. The zero-order valence-electron chi connectivity index (χ0n) is 11.1. The Balaban J connectivity index is 1.83. The molecule has 0 unspecified atom stereocenters. The van der Waals surface area contributed by atoms with Crippen LogP contribution in [0.2, 0.25) is 0 Å². The van der Waals surface area contributed by atoms with E-state index in [1.165, 1.54) is 13.5 Å². The van der Waals surface area contributed by atoms with Gasteiger partial charge >= 0.3 is 0 Å². The van der Waals surface area contributed by atoms with Crippen LogP contribution < -0.4 is 10.2 Å². The Morgan fingerprint density at radius 2 is 1.89 bits per heavy atom. The first-order valence-electron chi connectivity index (χ1n) is 6.37. The van der Waals surface area contributed by atoms with Crippen LogP contribution in [0.25, 0.3) is 0 Å². The molecule has 0 atom stereocenters. The fourth-order valence-corrected chi connectivity index (χ4v) is 4.23. The molecule has 0 fully saturated rings. The van der Waals surface area contributed by atoms with Crippen LogP contribution >= 0.6 is 38.6 Å². The highest BCUT2D eigenvalue weighted by molar-refractivity contribution is 9.11. The van der Waals surface area contributed by atoms with Crippen molar-refractivity contribution in [2.45, 2.75) is 26.9 Å². The van der Waals surface area contributed by atoms with Crippen LogP contribution in [-0.4, -0.2) is 18.1 Å². The van der Waals surface area contributed by atoms with Crippen LogP contribution in [0.15, 0.2) is 22.1 Å². The predicted octanol–water partition coefficient (Wildman–Crippen LogP) is 4.10. The van der Waals surface area contributed by atoms with Crippen LogP contribution in [0.4, 0.5) is 5.13 Å². The minimum atomic E-state index is 0.883. The number of hydrogen-bond donors (Lipinski definition) is 1. The number of hydrogen-bond acceptors (Lipinski definition) is 5. The Bertz CT molecular complexity index is 505. The lowest BCUT2D eigenvalue weighted by molar-refractivity contribution is 0.708. The zero-order valence-corrected chi connectivity index (χ0v) is 14.4. The van der Waals surface area contributed by atoms with E-state index in [9.17, 15) is 0 Å². The summed E-state index contributed by atoms with van der Waals surface area (Å²) in [6.07, 6.45) is 1.98. The van der Waals surface area contributed by atoms with Gasteiger partial charge in [0.25, 0.3) is 0 Å². The summed E-state index contributed by atoms with van der Waals surface area (Å²) in [7, 11) is 0. The summed E-state index contributed by atoms with van der Waals surface area (Å²) in [4.78, 5) is 9.41. The largest absolute Gasteiger partial charge is 0.349 e. The topological polar surface area (TPSA) is 28.2 Å². The average Bonchev–Trinajstić information content (AvgIpc) is 3.01. The van der Waals surface area contributed by atoms with Gasteiger partial charge in [-0.3, -0.25) is 0 Å². The molecule has 0 bridgehead atoms. The molecule has 0 saturated heterocycles. The van der Waals surface area contributed by atoms with Crippen molar-refractivity contribution < 1.29 is 0 Å².